The molecule has 0 bridgehead atoms. The third-order valence-electron chi connectivity index (χ3n) is 4.16. The van der Waals surface area contributed by atoms with Crippen LogP contribution in [0.2, 0.25) is 0 Å². The number of rotatable bonds is 7. The minimum Gasteiger partial charge on any atom is -0.472 e. The summed E-state index contributed by atoms with van der Waals surface area (Å²) in [5, 5.41) is 6.28. The summed E-state index contributed by atoms with van der Waals surface area (Å²) in [6, 6.07) is 9.55. The molecule has 3 rings (SSSR count). The van der Waals surface area contributed by atoms with E-state index in [2.05, 4.69) is 22.8 Å². The molecule has 1 heterocycles. The van der Waals surface area contributed by atoms with Gasteiger partial charge >= 0.3 is 0 Å². The summed E-state index contributed by atoms with van der Waals surface area (Å²) < 4.78 is 4.85. The van der Waals surface area contributed by atoms with Crippen LogP contribution in [-0.4, -0.2) is 23.6 Å². The van der Waals surface area contributed by atoms with Gasteiger partial charge in [-0.3, -0.25) is 9.59 Å². The zero-order chi connectivity index (χ0) is 17.5. The van der Waals surface area contributed by atoms with Crippen LogP contribution in [0.1, 0.15) is 42.5 Å². The minimum atomic E-state index is -0.241. The molecule has 1 aliphatic rings. The Morgan fingerprint density at radius 3 is 2.56 bits per heavy atom. The zero-order valence-corrected chi connectivity index (χ0v) is 14.8. The largest absolute Gasteiger partial charge is 0.472 e. The third kappa shape index (κ3) is 5.39. The number of hydrogen-bond donors (Lipinski definition) is 2. The molecule has 2 amide bonds. The predicted molar refractivity (Wildman–Crippen MR) is 98.8 cm³/mol. The van der Waals surface area contributed by atoms with Crippen LogP contribution in [0.25, 0.3) is 0 Å². The van der Waals surface area contributed by atoms with Gasteiger partial charge in [0.2, 0.25) is 5.91 Å². The number of furan rings is 1. The van der Waals surface area contributed by atoms with Crippen LogP contribution in [-0.2, 0) is 4.79 Å². The number of carbonyl (C=O) groups is 2. The molecule has 1 aromatic carbocycles. The lowest BCUT2D eigenvalue weighted by Crippen LogP contribution is -2.27. The molecule has 0 atom stereocenters. The fourth-order valence-electron chi connectivity index (χ4n) is 2.82. The second-order valence-electron chi connectivity index (χ2n) is 6.11. The van der Waals surface area contributed by atoms with Gasteiger partial charge < -0.3 is 15.1 Å². The molecule has 1 aromatic heterocycles. The molecular formula is C19H22N2O3S. The van der Waals surface area contributed by atoms with Crippen LogP contribution in [0.15, 0.2) is 52.2 Å². The first-order valence-corrected chi connectivity index (χ1v) is 9.45. The van der Waals surface area contributed by atoms with Crippen molar-refractivity contribution < 1.29 is 14.0 Å². The van der Waals surface area contributed by atoms with Crippen molar-refractivity contribution in [3.63, 3.8) is 0 Å². The van der Waals surface area contributed by atoms with Crippen LogP contribution in [0, 0.1) is 0 Å². The summed E-state index contributed by atoms with van der Waals surface area (Å²) in [6.07, 6.45) is 8.31. The smallest absolute Gasteiger partial charge is 0.254 e. The Morgan fingerprint density at radius 1 is 1.12 bits per heavy atom. The van der Waals surface area contributed by atoms with E-state index in [1.54, 1.807) is 6.07 Å². The number of anilines is 1. The summed E-state index contributed by atoms with van der Waals surface area (Å²) in [7, 11) is 0. The van der Waals surface area contributed by atoms with Gasteiger partial charge in [0.05, 0.1) is 11.8 Å². The number of nitrogens with one attached hydrogen (secondary N) is 2. The van der Waals surface area contributed by atoms with E-state index in [1.165, 1.54) is 43.1 Å². The summed E-state index contributed by atoms with van der Waals surface area (Å²) in [6.45, 7) is 0.283. The van der Waals surface area contributed by atoms with Crippen molar-refractivity contribution in [3.8, 4) is 0 Å². The van der Waals surface area contributed by atoms with Gasteiger partial charge in [0.15, 0.2) is 0 Å². The minimum absolute atomic E-state index is 0.122. The molecule has 2 aromatic rings. The highest BCUT2D eigenvalue weighted by Gasteiger charge is 2.16. The molecule has 6 heteroatoms. The number of amides is 2. The Hall–Kier alpha value is -2.21. The van der Waals surface area contributed by atoms with Crippen molar-refractivity contribution >= 4 is 29.3 Å². The standard InChI is InChI=1S/C19H22N2O3S/c22-18(9-11-20-19(23)14-10-12-24-13-14)21-15-5-7-17(8-6-15)25-16-3-1-2-4-16/h5-8,10,12-13,16H,1-4,9,11H2,(H,20,23)(H,21,22). The van der Waals surface area contributed by atoms with Crippen molar-refractivity contribution in [1.29, 1.82) is 0 Å². The highest BCUT2D eigenvalue weighted by molar-refractivity contribution is 8.00. The Balaban J connectivity index is 1.39. The van der Waals surface area contributed by atoms with Crippen LogP contribution < -0.4 is 10.6 Å². The van der Waals surface area contributed by atoms with E-state index >= 15 is 0 Å². The van der Waals surface area contributed by atoms with Gasteiger partial charge in [0, 0.05) is 28.8 Å². The van der Waals surface area contributed by atoms with Gasteiger partial charge in [-0.05, 0) is 43.2 Å². The molecule has 132 valence electrons. The second kappa shape index (κ2) is 8.76. The van der Waals surface area contributed by atoms with Gasteiger partial charge in [-0.15, -0.1) is 11.8 Å². The van der Waals surface area contributed by atoms with Crippen LogP contribution in [0.4, 0.5) is 5.69 Å². The summed E-state index contributed by atoms with van der Waals surface area (Å²) >= 11 is 1.93. The molecule has 0 radical (unpaired) electrons. The quantitative estimate of drug-likeness (QED) is 0.782. The number of hydrogen-bond acceptors (Lipinski definition) is 4. The fourth-order valence-corrected chi connectivity index (χ4v) is 4.07. The molecule has 5 nitrogen and oxygen atoms in total. The summed E-state index contributed by atoms with van der Waals surface area (Å²) in [5.41, 5.74) is 1.23. The monoisotopic (exact) mass is 358 g/mol. The van der Waals surface area contributed by atoms with E-state index in [9.17, 15) is 9.59 Å². The van der Waals surface area contributed by atoms with Gasteiger partial charge in [-0.25, -0.2) is 0 Å². The number of thioether (sulfide) groups is 1. The highest BCUT2D eigenvalue weighted by atomic mass is 32.2. The van der Waals surface area contributed by atoms with Gasteiger partial charge in [0.25, 0.3) is 5.91 Å². The van der Waals surface area contributed by atoms with Crippen LogP contribution in [0.3, 0.4) is 0 Å². The molecule has 0 spiro atoms. The molecule has 1 aliphatic carbocycles. The van der Waals surface area contributed by atoms with Gasteiger partial charge in [-0.1, -0.05) is 12.8 Å². The van der Waals surface area contributed by atoms with Crippen LogP contribution in [0.5, 0.6) is 0 Å². The third-order valence-corrected chi connectivity index (χ3v) is 5.51. The lowest BCUT2D eigenvalue weighted by molar-refractivity contribution is -0.116. The first-order chi connectivity index (χ1) is 12.2. The molecule has 0 unspecified atom stereocenters. The maximum Gasteiger partial charge on any atom is 0.254 e. The molecule has 0 aliphatic heterocycles. The normalized spacial score (nSPS) is 14.4. The Morgan fingerprint density at radius 2 is 1.88 bits per heavy atom. The van der Waals surface area contributed by atoms with Crippen molar-refractivity contribution in [2.75, 3.05) is 11.9 Å². The van der Waals surface area contributed by atoms with Crippen molar-refractivity contribution in [2.24, 2.45) is 0 Å². The first kappa shape index (κ1) is 17.6. The zero-order valence-electron chi connectivity index (χ0n) is 14.0. The summed E-state index contributed by atoms with van der Waals surface area (Å²) in [4.78, 5) is 24.9. The van der Waals surface area contributed by atoms with Crippen molar-refractivity contribution in [2.45, 2.75) is 42.2 Å². The Kier molecular flexibility index (Phi) is 6.17. The van der Waals surface area contributed by atoms with E-state index in [0.717, 1.165) is 10.9 Å². The Bertz CT molecular complexity index is 692. The number of carbonyl (C=O) groups excluding carboxylic acids is 2. The van der Waals surface area contributed by atoms with Gasteiger partial charge in [0.1, 0.15) is 6.26 Å². The average Bonchev–Trinajstić information content (AvgIpc) is 3.30. The molecule has 1 saturated carbocycles. The maximum atomic E-state index is 12.0. The topological polar surface area (TPSA) is 71.3 Å². The average molecular weight is 358 g/mol. The van der Waals surface area contributed by atoms with E-state index in [-0.39, 0.29) is 24.8 Å². The van der Waals surface area contributed by atoms with Gasteiger partial charge in [-0.2, -0.15) is 0 Å². The maximum absolute atomic E-state index is 12.0. The number of benzene rings is 1. The van der Waals surface area contributed by atoms with E-state index in [1.807, 2.05) is 23.9 Å². The highest BCUT2D eigenvalue weighted by Crippen LogP contribution is 2.34. The fraction of sp³-hybridized carbons (Fsp3) is 0.368. The SMILES string of the molecule is O=C(CCNC(=O)c1ccoc1)Nc1ccc(SC2CCCC2)cc1. The predicted octanol–water partition coefficient (Wildman–Crippen LogP) is 4.07. The van der Waals surface area contributed by atoms with Crippen LogP contribution >= 0.6 is 11.8 Å². The second-order valence-corrected chi connectivity index (χ2v) is 7.49. The van der Waals surface area contributed by atoms with Crippen molar-refractivity contribution in [1.82, 2.24) is 5.32 Å². The van der Waals surface area contributed by atoms with Crippen molar-refractivity contribution in [3.05, 3.63) is 48.4 Å². The molecule has 1 fully saturated rings. The first-order valence-electron chi connectivity index (χ1n) is 8.58. The Labute approximate surface area is 151 Å². The molecule has 25 heavy (non-hydrogen) atoms. The molecule has 0 saturated heterocycles. The van der Waals surface area contributed by atoms with E-state index < -0.39 is 0 Å². The van der Waals surface area contributed by atoms with E-state index in [4.69, 9.17) is 4.42 Å². The summed E-state index contributed by atoms with van der Waals surface area (Å²) in [5.74, 6) is -0.362. The molecule has 2 N–H and O–H groups in total. The van der Waals surface area contributed by atoms with E-state index in [0.29, 0.717) is 5.56 Å². The lowest BCUT2D eigenvalue weighted by atomic mass is 10.3. The molecular weight excluding hydrogens is 336 g/mol. The lowest BCUT2D eigenvalue weighted by Gasteiger charge is -2.10.